The molecule has 2 fully saturated rings. The number of alkyl halides is 6. The van der Waals surface area contributed by atoms with Crippen LogP contribution in [0.2, 0.25) is 0 Å². The van der Waals surface area contributed by atoms with Crippen LogP contribution < -0.4 is 15.5 Å². The van der Waals surface area contributed by atoms with Crippen LogP contribution in [-0.2, 0) is 20.8 Å². The summed E-state index contributed by atoms with van der Waals surface area (Å²) in [6.45, 7) is 7.62. The van der Waals surface area contributed by atoms with Crippen molar-refractivity contribution in [3.05, 3.63) is 41.5 Å². The van der Waals surface area contributed by atoms with Gasteiger partial charge in [0, 0.05) is 69.2 Å². The van der Waals surface area contributed by atoms with E-state index in [0.717, 1.165) is 71.5 Å². The van der Waals surface area contributed by atoms with E-state index in [1.165, 1.54) is 17.3 Å². The van der Waals surface area contributed by atoms with Gasteiger partial charge < -0.3 is 25.7 Å². The smallest absolute Gasteiger partial charge is 0.475 e. The number of nitrogens with one attached hydrogen (secondary N) is 2. The summed E-state index contributed by atoms with van der Waals surface area (Å²) in [4.78, 5) is 58.4. The maximum absolute atomic E-state index is 12.6. The minimum atomic E-state index is -5.08. The molecular weight excluding hydrogens is 736 g/mol. The summed E-state index contributed by atoms with van der Waals surface area (Å²) in [6, 6.07) is 2.04. The quantitative estimate of drug-likeness (QED) is 0.203. The molecule has 3 aromatic rings. The molecule has 1 amide bonds. The Hall–Kier alpha value is -4.34. The van der Waals surface area contributed by atoms with Crippen molar-refractivity contribution in [2.75, 3.05) is 50.7 Å². The molecule has 0 saturated carbocycles. The zero-order valence-electron chi connectivity index (χ0n) is 26.6. The first-order valence-electron chi connectivity index (χ1n) is 15.1. The number of nitrogens with zero attached hydrogens (tertiary/aromatic N) is 7. The van der Waals surface area contributed by atoms with Gasteiger partial charge in [-0.15, -0.1) is 0 Å². The van der Waals surface area contributed by atoms with Gasteiger partial charge in [-0.2, -0.15) is 26.3 Å². The Balaban J connectivity index is 0.000000353. The van der Waals surface area contributed by atoms with E-state index in [-0.39, 0.29) is 11.9 Å². The molecule has 0 unspecified atom stereocenters. The molecule has 2 saturated heterocycles. The molecule has 1 aliphatic carbocycles. The molecule has 5 heterocycles. The number of carbonyl (C=O) groups is 3. The SMILES string of the molecule is CCC1=C(Cl)c2c(nc(Sc3cnc4nccnc4c3)nc2N2CC(NC(=O)CN3CCNCC3)C2)C1.O=C(O)C(F)(F)F.O=C(O)C(F)(F)F. The number of carbonyl (C=O) groups excluding carboxylic acids is 1. The summed E-state index contributed by atoms with van der Waals surface area (Å²) in [5, 5.41) is 22.1. The molecule has 0 spiro atoms. The predicted molar refractivity (Wildman–Crippen MR) is 171 cm³/mol. The number of halogens is 7. The van der Waals surface area contributed by atoms with Gasteiger partial charge >= 0.3 is 24.3 Å². The zero-order chi connectivity index (χ0) is 37.5. The summed E-state index contributed by atoms with van der Waals surface area (Å²) < 4.78 is 63.5. The monoisotopic (exact) mass is 765 g/mol. The Morgan fingerprint density at radius 3 is 2.20 bits per heavy atom. The summed E-state index contributed by atoms with van der Waals surface area (Å²) in [6.07, 6.45) is -3.50. The molecular formula is C29H30ClF6N9O5S. The number of carboxylic acid groups (broad SMARTS) is 2. The van der Waals surface area contributed by atoms with E-state index in [0.29, 0.717) is 30.4 Å². The van der Waals surface area contributed by atoms with Crippen molar-refractivity contribution in [3.63, 3.8) is 0 Å². The van der Waals surface area contributed by atoms with Gasteiger partial charge in [-0.25, -0.2) is 29.5 Å². The number of rotatable bonds is 7. The Bertz CT molecular complexity index is 1760. The fourth-order valence-electron chi connectivity index (χ4n) is 4.93. The van der Waals surface area contributed by atoms with Crippen LogP contribution in [0.3, 0.4) is 0 Å². The minimum Gasteiger partial charge on any atom is -0.475 e. The summed E-state index contributed by atoms with van der Waals surface area (Å²) >= 11 is 8.26. The highest BCUT2D eigenvalue weighted by atomic mass is 35.5. The maximum Gasteiger partial charge on any atom is 0.490 e. The first kappa shape index (κ1) is 39.4. The number of anilines is 1. The fourth-order valence-corrected chi connectivity index (χ4v) is 6.09. The molecule has 3 aromatic heterocycles. The number of hydrogen-bond acceptors (Lipinski definition) is 12. The topological polar surface area (TPSA) is 187 Å². The third-order valence-corrected chi connectivity index (χ3v) is 8.68. The predicted octanol–water partition coefficient (Wildman–Crippen LogP) is 3.36. The number of aromatic nitrogens is 5. The number of amides is 1. The van der Waals surface area contributed by atoms with Crippen LogP contribution in [0.25, 0.3) is 16.2 Å². The zero-order valence-corrected chi connectivity index (χ0v) is 28.1. The van der Waals surface area contributed by atoms with E-state index in [9.17, 15) is 31.1 Å². The van der Waals surface area contributed by atoms with Crippen LogP contribution >= 0.6 is 23.4 Å². The van der Waals surface area contributed by atoms with Gasteiger partial charge in [0.2, 0.25) is 5.91 Å². The summed E-state index contributed by atoms with van der Waals surface area (Å²) in [5.41, 5.74) is 4.40. The second kappa shape index (κ2) is 16.8. The number of fused-ring (bicyclic) bond motifs is 2. The van der Waals surface area contributed by atoms with Crippen LogP contribution in [0.4, 0.5) is 32.2 Å². The van der Waals surface area contributed by atoms with Crippen molar-refractivity contribution in [2.45, 2.75) is 48.2 Å². The second-order valence-corrected chi connectivity index (χ2v) is 12.5. The Labute approximate surface area is 294 Å². The van der Waals surface area contributed by atoms with Gasteiger partial charge in [0.05, 0.1) is 28.9 Å². The van der Waals surface area contributed by atoms with Gasteiger partial charge in [0.15, 0.2) is 10.8 Å². The van der Waals surface area contributed by atoms with E-state index >= 15 is 0 Å². The van der Waals surface area contributed by atoms with Crippen LogP contribution in [0.15, 0.2) is 40.3 Å². The van der Waals surface area contributed by atoms with Crippen molar-refractivity contribution in [2.24, 2.45) is 0 Å². The minimum absolute atomic E-state index is 0.0776. The molecule has 3 aliphatic rings. The fraction of sp³-hybridized carbons (Fsp3) is 0.448. The molecule has 276 valence electrons. The first-order chi connectivity index (χ1) is 24.0. The number of carboxylic acids is 2. The van der Waals surface area contributed by atoms with E-state index in [4.69, 9.17) is 41.4 Å². The van der Waals surface area contributed by atoms with Crippen molar-refractivity contribution in [1.82, 2.24) is 40.5 Å². The highest BCUT2D eigenvalue weighted by molar-refractivity contribution is 7.99. The molecule has 0 aromatic carbocycles. The van der Waals surface area contributed by atoms with E-state index in [2.05, 4.69) is 42.3 Å². The molecule has 51 heavy (non-hydrogen) atoms. The molecule has 22 heteroatoms. The Kier molecular flexibility index (Phi) is 13.0. The lowest BCUT2D eigenvalue weighted by Gasteiger charge is -2.41. The number of pyridine rings is 1. The van der Waals surface area contributed by atoms with E-state index in [1.54, 1.807) is 18.6 Å². The first-order valence-corrected chi connectivity index (χ1v) is 16.3. The van der Waals surface area contributed by atoms with Crippen molar-refractivity contribution >= 4 is 63.2 Å². The van der Waals surface area contributed by atoms with Crippen LogP contribution in [-0.4, -0.2) is 122 Å². The third-order valence-electron chi connectivity index (χ3n) is 7.40. The lowest BCUT2D eigenvalue weighted by atomic mass is 10.1. The highest BCUT2D eigenvalue weighted by Gasteiger charge is 2.39. The number of piperazine rings is 1. The number of hydrogen-bond donors (Lipinski definition) is 4. The Morgan fingerprint density at radius 2 is 1.61 bits per heavy atom. The van der Waals surface area contributed by atoms with Gasteiger partial charge in [-0.3, -0.25) is 14.7 Å². The van der Waals surface area contributed by atoms with Crippen molar-refractivity contribution < 1.29 is 50.9 Å². The molecule has 2 aliphatic heterocycles. The second-order valence-electron chi connectivity index (χ2n) is 11.1. The number of allylic oxidation sites excluding steroid dienone is 1. The van der Waals surface area contributed by atoms with Crippen LogP contribution in [0.1, 0.15) is 24.6 Å². The Morgan fingerprint density at radius 1 is 1.00 bits per heavy atom. The summed E-state index contributed by atoms with van der Waals surface area (Å²) in [7, 11) is 0. The average Bonchev–Trinajstić information content (AvgIpc) is 3.37. The van der Waals surface area contributed by atoms with E-state index in [1.807, 2.05) is 6.07 Å². The molecule has 0 radical (unpaired) electrons. The van der Waals surface area contributed by atoms with Crippen molar-refractivity contribution in [1.29, 1.82) is 0 Å². The molecule has 0 atom stereocenters. The van der Waals surface area contributed by atoms with Crippen molar-refractivity contribution in [3.8, 4) is 0 Å². The maximum atomic E-state index is 12.6. The standard InChI is InChI=1S/C25H28ClN9OS.2C2HF3O2/c1-2-15-9-18-21(22(15)26)24(35-12-16(13-35)31-20(36)14-34-7-5-27-6-8-34)33-25(32-18)37-17-10-19-23(30-11-17)29-4-3-28-19;2*3-2(4,5)1(6)7/h3-4,10-11,16,27H,2,5-9,12-14H2,1H3,(H,31,36);2*(H,6,7). The highest BCUT2D eigenvalue weighted by Crippen LogP contribution is 2.43. The molecule has 0 bridgehead atoms. The average molecular weight is 766 g/mol. The van der Waals surface area contributed by atoms with Gasteiger partial charge in [-0.05, 0) is 29.8 Å². The van der Waals surface area contributed by atoms with E-state index < -0.39 is 24.3 Å². The van der Waals surface area contributed by atoms with Crippen LogP contribution in [0, 0.1) is 0 Å². The summed E-state index contributed by atoms with van der Waals surface area (Å²) in [5.74, 6) is -4.60. The number of aliphatic carboxylic acids is 2. The largest absolute Gasteiger partial charge is 0.490 e. The molecule has 14 nitrogen and oxygen atoms in total. The molecule has 6 rings (SSSR count). The van der Waals surface area contributed by atoms with Gasteiger partial charge in [0.1, 0.15) is 11.3 Å². The lowest BCUT2D eigenvalue weighted by molar-refractivity contribution is -0.193. The molecule has 4 N–H and O–H groups in total. The van der Waals surface area contributed by atoms with Gasteiger partial charge in [0.25, 0.3) is 0 Å². The third kappa shape index (κ3) is 10.8. The van der Waals surface area contributed by atoms with Crippen LogP contribution in [0.5, 0.6) is 0 Å². The van der Waals surface area contributed by atoms with Gasteiger partial charge in [-0.1, -0.05) is 18.5 Å². The normalized spacial score (nSPS) is 16.4. The lowest BCUT2D eigenvalue weighted by Crippen LogP contribution is -2.61.